The third kappa shape index (κ3) is 3.59. The summed E-state index contributed by atoms with van der Waals surface area (Å²) in [5, 5.41) is -0.352. The third-order valence-electron chi connectivity index (χ3n) is 2.35. The van der Waals surface area contributed by atoms with E-state index in [-0.39, 0.29) is 11.0 Å². The molecule has 2 nitrogen and oxygen atoms in total. The van der Waals surface area contributed by atoms with E-state index < -0.39 is 10.8 Å². The van der Waals surface area contributed by atoms with Crippen molar-refractivity contribution >= 4 is 16.6 Å². The molecule has 15 heavy (non-hydrogen) atoms. The second-order valence-electron chi connectivity index (χ2n) is 3.47. The molecule has 0 heterocycles. The summed E-state index contributed by atoms with van der Waals surface area (Å²) >= 11 is 0. The SMILES string of the molecule is CCC(=O)C(C)S(=O)Cc1ccccc1. The molecule has 2 unspecified atom stereocenters. The number of rotatable bonds is 5. The van der Waals surface area contributed by atoms with E-state index in [9.17, 15) is 9.00 Å². The van der Waals surface area contributed by atoms with Gasteiger partial charge in [0.15, 0.2) is 0 Å². The Kier molecular flexibility index (Phi) is 4.69. The number of carbonyl (C=O) groups excluding carboxylic acids is 1. The molecule has 1 rings (SSSR count). The van der Waals surface area contributed by atoms with Crippen LogP contribution in [0.1, 0.15) is 25.8 Å². The van der Waals surface area contributed by atoms with E-state index in [2.05, 4.69) is 0 Å². The Hall–Kier alpha value is -0.960. The molecule has 82 valence electrons. The van der Waals surface area contributed by atoms with Gasteiger partial charge in [-0.15, -0.1) is 0 Å². The first kappa shape index (κ1) is 12.1. The van der Waals surface area contributed by atoms with Crippen LogP contribution in [0, 0.1) is 0 Å². The zero-order chi connectivity index (χ0) is 11.3. The lowest BCUT2D eigenvalue weighted by atomic mass is 10.2. The van der Waals surface area contributed by atoms with Crippen LogP contribution in [-0.2, 0) is 21.3 Å². The normalized spacial score (nSPS) is 14.5. The summed E-state index contributed by atoms with van der Waals surface area (Å²) in [4.78, 5) is 11.4. The average Bonchev–Trinajstić information content (AvgIpc) is 2.28. The van der Waals surface area contributed by atoms with E-state index in [1.54, 1.807) is 13.8 Å². The molecule has 0 aliphatic rings. The highest BCUT2D eigenvalue weighted by Gasteiger charge is 2.17. The van der Waals surface area contributed by atoms with Crippen molar-refractivity contribution in [1.82, 2.24) is 0 Å². The van der Waals surface area contributed by atoms with Crippen molar-refractivity contribution in [1.29, 1.82) is 0 Å². The Labute approximate surface area is 93.2 Å². The first-order chi connectivity index (χ1) is 7.15. The Morgan fingerprint density at radius 2 is 1.93 bits per heavy atom. The molecule has 0 saturated heterocycles. The minimum absolute atomic E-state index is 0.0734. The lowest BCUT2D eigenvalue weighted by Crippen LogP contribution is -2.22. The minimum atomic E-state index is -1.10. The largest absolute Gasteiger partial charge is 0.298 e. The van der Waals surface area contributed by atoms with E-state index in [1.165, 1.54) is 0 Å². The molecule has 0 aliphatic heterocycles. The zero-order valence-corrected chi connectivity index (χ0v) is 9.92. The van der Waals surface area contributed by atoms with Gasteiger partial charge < -0.3 is 0 Å². The zero-order valence-electron chi connectivity index (χ0n) is 9.10. The van der Waals surface area contributed by atoms with Gasteiger partial charge in [-0.3, -0.25) is 9.00 Å². The van der Waals surface area contributed by atoms with Gasteiger partial charge in [0.25, 0.3) is 0 Å². The smallest absolute Gasteiger partial charge is 0.147 e. The van der Waals surface area contributed by atoms with Crippen LogP contribution >= 0.6 is 0 Å². The maximum absolute atomic E-state index is 11.8. The van der Waals surface area contributed by atoms with Crippen LogP contribution in [-0.4, -0.2) is 15.2 Å². The van der Waals surface area contributed by atoms with Crippen LogP contribution in [0.15, 0.2) is 30.3 Å². The molecule has 0 aliphatic carbocycles. The van der Waals surface area contributed by atoms with Crippen LogP contribution in [0.4, 0.5) is 0 Å². The first-order valence-electron chi connectivity index (χ1n) is 5.09. The van der Waals surface area contributed by atoms with Crippen molar-refractivity contribution < 1.29 is 9.00 Å². The quantitative estimate of drug-likeness (QED) is 0.769. The highest BCUT2D eigenvalue weighted by Crippen LogP contribution is 2.08. The second kappa shape index (κ2) is 5.81. The molecule has 0 radical (unpaired) electrons. The highest BCUT2D eigenvalue weighted by atomic mass is 32.2. The summed E-state index contributed by atoms with van der Waals surface area (Å²) in [5.41, 5.74) is 1.02. The summed E-state index contributed by atoms with van der Waals surface area (Å²) in [5.74, 6) is 0.539. The number of carbonyl (C=O) groups is 1. The summed E-state index contributed by atoms with van der Waals surface area (Å²) in [6.45, 7) is 3.55. The van der Waals surface area contributed by atoms with Gasteiger partial charge in [0.2, 0.25) is 0 Å². The number of ketones is 1. The minimum Gasteiger partial charge on any atom is -0.298 e. The predicted octanol–water partition coefficient (Wildman–Crippen LogP) is 2.30. The molecule has 1 aromatic carbocycles. The molecule has 1 aromatic rings. The topological polar surface area (TPSA) is 34.1 Å². The molecule has 0 fully saturated rings. The van der Waals surface area contributed by atoms with Gasteiger partial charge in [-0.1, -0.05) is 37.3 Å². The lowest BCUT2D eigenvalue weighted by Gasteiger charge is -2.08. The van der Waals surface area contributed by atoms with Crippen LogP contribution in [0.25, 0.3) is 0 Å². The molecule has 0 amide bonds. The number of hydrogen-bond donors (Lipinski definition) is 0. The van der Waals surface area contributed by atoms with Gasteiger partial charge in [-0.05, 0) is 12.5 Å². The van der Waals surface area contributed by atoms with E-state index in [1.807, 2.05) is 30.3 Å². The van der Waals surface area contributed by atoms with Crippen LogP contribution in [0.5, 0.6) is 0 Å². The predicted molar refractivity (Wildman–Crippen MR) is 63.0 cm³/mol. The molecule has 0 aromatic heterocycles. The molecule has 0 spiro atoms. The van der Waals surface area contributed by atoms with E-state index in [0.717, 1.165) is 5.56 Å². The molecule has 2 atom stereocenters. The Morgan fingerprint density at radius 3 is 2.47 bits per heavy atom. The van der Waals surface area contributed by atoms with E-state index in [0.29, 0.717) is 12.2 Å². The van der Waals surface area contributed by atoms with Crippen molar-refractivity contribution in [3.63, 3.8) is 0 Å². The van der Waals surface area contributed by atoms with Gasteiger partial charge in [-0.25, -0.2) is 0 Å². The molecular weight excluding hydrogens is 208 g/mol. The summed E-state index contributed by atoms with van der Waals surface area (Å²) in [6.07, 6.45) is 0.460. The van der Waals surface area contributed by atoms with Gasteiger partial charge in [0.05, 0.1) is 5.25 Å². The second-order valence-corrected chi connectivity index (χ2v) is 5.23. The van der Waals surface area contributed by atoms with Crippen molar-refractivity contribution in [2.24, 2.45) is 0 Å². The standard InChI is InChI=1S/C12H16O2S/c1-3-12(13)10(2)15(14)9-11-7-5-4-6-8-11/h4-8,10H,3,9H2,1-2H3. The molecule has 3 heteroatoms. The number of hydrogen-bond acceptors (Lipinski definition) is 2. The van der Waals surface area contributed by atoms with Crippen molar-refractivity contribution in [3.8, 4) is 0 Å². The maximum atomic E-state index is 11.8. The lowest BCUT2D eigenvalue weighted by molar-refractivity contribution is -0.118. The Bertz CT molecular complexity index is 346. The number of benzene rings is 1. The van der Waals surface area contributed by atoms with E-state index in [4.69, 9.17) is 0 Å². The molecule has 0 saturated carbocycles. The fourth-order valence-corrected chi connectivity index (χ4v) is 2.53. The molecular formula is C12H16O2S. The van der Waals surface area contributed by atoms with Crippen LogP contribution < -0.4 is 0 Å². The molecule has 0 N–H and O–H groups in total. The fraction of sp³-hybridized carbons (Fsp3) is 0.417. The van der Waals surface area contributed by atoms with Gasteiger partial charge in [0, 0.05) is 23.0 Å². The van der Waals surface area contributed by atoms with Crippen molar-refractivity contribution in [2.75, 3.05) is 0 Å². The molecule has 0 bridgehead atoms. The number of Topliss-reactive ketones (excluding diaryl/α,β-unsaturated/α-hetero) is 1. The monoisotopic (exact) mass is 224 g/mol. The average molecular weight is 224 g/mol. The maximum Gasteiger partial charge on any atom is 0.147 e. The summed E-state index contributed by atoms with van der Waals surface area (Å²) in [7, 11) is -1.10. The highest BCUT2D eigenvalue weighted by molar-refractivity contribution is 7.85. The Balaban J connectivity index is 2.60. The van der Waals surface area contributed by atoms with Gasteiger partial charge in [-0.2, -0.15) is 0 Å². The van der Waals surface area contributed by atoms with Crippen molar-refractivity contribution in [2.45, 2.75) is 31.3 Å². The first-order valence-corrected chi connectivity index (χ1v) is 6.47. The van der Waals surface area contributed by atoms with Crippen molar-refractivity contribution in [3.05, 3.63) is 35.9 Å². The van der Waals surface area contributed by atoms with E-state index >= 15 is 0 Å². The summed E-state index contributed by atoms with van der Waals surface area (Å²) < 4.78 is 11.8. The van der Waals surface area contributed by atoms with Gasteiger partial charge >= 0.3 is 0 Å². The van der Waals surface area contributed by atoms with Gasteiger partial charge in [0.1, 0.15) is 5.78 Å². The Morgan fingerprint density at radius 1 is 1.33 bits per heavy atom. The third-order valence-corrected chi connectivity index (χ3v) is 4.02. The van der Waals surface area contributed by atoms with Crippen LogP contribution in [0.2, 0.25) is 0 Å². The fourth-order valence-electron chi connectivity index (χ4n) is 1.30. The van der Waals surface area contributed by atoms with Crippen LogP contribution in [0.3, 0.4) is 0 Å². The summed E-state index contributed by atoms with van der Waals surface area (Å²) in [6, 6.07) is 9.62.